The number of aromatic nitrogens is 2. The van der Waals surface area contributed by atoms with Crippen molar-refractivity contribution < 1.29 is 0 Å². The van der Waals surface area contributed by atoms with Gasteiger partial charge in [0.2, 0.25) is 0 Å². The zero-order valence-electron chi connectivity index (χ0n) is 13.4. The molecule has 118 valence electrons. The van der Waals surface area contributed by atoms with Crippen molar-refractivity contribution in [1.29, 1.82) is 0 Å². The second-order valence-corrected chi connectivity index (χ2v) is 6.14. The van der Waals surface area contributed by atoms with Crippen molar-refractivity contribution >= 4 is 5.65 Å². The topological polar surface area (TPSA) is 49.6 Å². The molecule has 1 saturated heterocycles. The van der Waals surface area contributed by atoms with Crippen LogP contribution in [-0.4, -0.2) is 40.0 Å². The molecule has 0 bridgehead atoms. The number of hydrogen-bond donors (Lipinski definition) is 1. The van der Waals surface area contributed by atoms with E-state index in [4.69, 9.17) is 0 Å². The van der Waals surface area contributed by atoms with Crippen molar-refractivity contribution in [3.63, 3.8) is 0 Å². The van der Waals surface area contributed by atoms with E-state index in [-0.39, 0.29) is 5.56 Å². The highest BCUT2D eigenvalue weighted by Gasteiger charge is 2.22. The van der Waals surface area contributed by atoms with E-state index in [9.17, 15) is 4.79 Å². The van der Waals surface area contributed by atoms with Crippen LogP contribution < -0.4 is 10.9 Å². The van der Waals surface area contributed by atoms with E-state index in [1.165, 1.54) is 6.42 Å². The Morgan fingerprint density at radius 1 is 1.45 bits per heavy atom. The average Bonchev–Trinajstić information content (AvgIpc) is 3.02. The first kappa shape index (κ1) is 15.2. The second-order valence-electron chi connectivity index (χ2n) is 6.14. The van der Waals surface area contributed by atoms with Gasteiger partial charge in [-0.15, -0.1) is 0 Å². The van der Waals surface area contributed by atoms with Gasteiger partial charge in [-0.3, -0.25) is 14.1 Å². The average molecular weight is 300 g/mol. The predicted octanol–water partition coefficient (Wildman–Crippen LogP) is 1.58. The number of aryl methyl sites for hydroxylation is 1. The number of hydrogen-bond acceptors (Lipinski definition) is 4. The summed E-state index contributed by atoms with van der Waals surface area (Å²) in [4.78, 5) is 19.4. The molecule has 22 heavy (non-hydrogen) atoms. The van der Waals surface area contributed by atoms with Gasteiger partial charge < -0.3 is 5.32 Å². The first-order valence-electron chi connectivity index (χ1n) is 8.11. The number of fused-ring (bicyclic) bond motifs is 1. The second kappa shape index (κ2) is 6.58. The third kappa shape index (κ3) is 3.20. The third-order valence-corrected chi connectivity index (χ3v) is 4.29. The van der Waals surface area contributed by atoms with E-state index in [1.807, 2.05) is 25.3 Å². The van der Waals surface area contributed by atoms with Crippen molar-refractivity contribution in [2.75, 3.05) is 19.6 Å². The van der Waals surface area contributed by atoms with Crippen molar-refractivity contribution in [3.8, 4) is 0 Å². The van der Waals surface area contributed by atoms with Gasteiger partial charge in [-0.05, 0) is 44.5 Å². The van der Waals surface area contributed by atoms with Crippen molar-refractivity contribution in [2.45, 2.75) is 39.3 Å². The van der Waals surface area contributed by atoms with Gasteiger partial charge >= 0.3 is 0 Å². The van der Waals surface area contributed by atoms with Gasteiger partial charge in [0.1, 0.15) is 5.65 Å². The Bertz CT molecular complexity index is 703. The SMILES string of the molecule is CCCN(Cc1cc(=O)n2cc(C)ccc2n1)C1CCNC1. The van der Waals surface area contributed by atoms with Gasteiger partial charge in [-0.25, -0.2) is 4.98 Å². The predicted molar refractivity (Wildman–Crippen MR) is 88.2 cm³/mol. The summed E-state index contributed by atoms with van der Waals surface area (Å²) in [6, 6.07) is 6.15. The largest absolute Gasteiger partial charge is 0.315 e. The molecule has 2 aromatic heterocycles. The van der Waals surface area contributed by atoms with E-state index < -0.39 is 0 Å². The number of nitrogens with zero attached hydrogens (tertiary/aromatic N) is 3. The summed E-state index contributed by atoms with van der Waals surface area (Å²) in [5, 5.41) is 3.42. The number of pyridine rings is 1. The summed E-state index contributed by atoms with van der Waals surface area (Å²) in [5.41, 5.74) is 2.67. The number of rotatable bonds is 5. The van der Waals surface area contributed by atoms with Crippen molar-refractivity contribution in [3.05, 3.63) is 46.0 Å². The van der Waals surface area contributed by atoms with Crippen LogP contribution in [0.5, 0.6) is 0 Å². The highest BCUT2D eigenvalue weighted by Crippen LogP contribution is 2.13. The first-order valence-corrected chi connectivity index (χ1v) is 8.11. The fourth-order valence-corrected chi connectivity index (χ4v) is 3.18. The maximum atomic E-state index is 12.3. The molecule has 3 rings (SSSR count). The molecule has 5 heteroatoms. The summed E-state index contributed by atoms with van der Waals surface area (Å²) < 4.78 is 1.63. The van der Waals surface area contributed by atoms with Crippen LogP contribution >= 0.6 is 0 Å². The molecule has 0 radical (unpaired) electrons. The molecule has 3 heterocycles. The molecule has 2 aromatic rings. The molecule has 1 aliphatic heterocycles. The fraction of sp³-hybridized carbons (Fsp3) is 0.529. The van der Waals surface area contributed by atoms with Crippen LogP contribution in [0.25, 0.3) is 5.65 Å². The molecule has 1 unspecified atom stereocenters. The molecular weight excluding hydrogens is 276 g/mol. The summed E-state index contributed by atoms with van der Waals surface area (Å²) >= 11 is 0. The van der Waals surface area contributed by atoms with Crippen molar-refractivity contribution in [2.24, 2.45) is 0 Å². The van der Waals surface area contributed by atoms with Gasteiger partial charge in [0.15, 0.2) is 0 Å². The molecule has 1 atom stereocenters. The minimum Gasteiger partial charge on any atom is -0.315 e. The van der Waals surface area contributed by atoms with Crippen LogP contribution in [-0.2, 0) is 6.54 Å². The van der Waals surface area contributed by atoms with E-state index >= 15 is 0 Å². The maximum absolute atomic E-state index is 12.3. The van der Waals surface area contributed by atoms with Gasteiger partial charge in [0, 0.05) is 31.4 Å². The molecule has 0 amide bonds. The Balaban J connectivity index is 1.88. The summed E-state index contributed by atoms with van der Waals surface area (Å²) in [6.45, 7) is 8.08. The number of nitrogens with one attached hydrogen (secondary N) is 1. The van der Waals surface area contributed by atoms with Crippen LogP contribution in [0.1, 0.15) is 31.0 Å². The Labute approximate surface area is 131 Å². The lowest BCUT2D eigenvalue weighted by atomic mass is 10.2. The van der Waals surface area contributed by atoms with Gasteiger partial charge in [0.05, 0.1) is 5.69 Å². The molecule has 1 N–H and O–H groups in total. The van der Waals surface area contributed by atoms with Crippen LogP contribution in [0, 0.1) is 6.92 Å². The van der Waals surface area contributed by atoms with E-state index in [0.717, 1.165) is 49.5 Å². The highest BCUT2D eigenvalue weighted by atomic mass is 16.1. The first-order chi connectivity index (χ1) is 10.7. The monoisotopic (exact) mass is 300 g/mol. The van der Waals surface area contributed by atoms with Gasteiger partial charge in [-0.2, -0.15) is 0 Å². The highest BCUT2D eigenvalue weighted by molar-refractivity contribution is 5.39. The fourth-order valence-electron chi connectivity index (χ4n) is 3.18. The van der Waals surface area contributed by atoms with Crippen molar-refractivity contribution in [1.82, 2.24) is 19.6 Å². The standard InChI is InChI=1S/C17H24N4O/c1-3-8-20(15-6-7-18-10-15)12-14-9-17(22)21-11-13(2)4-5-16(21)19-14/h4-5,9,11,15,18H,3,6-8,10,12H2,1-2H3. The Morgan fingerprint density at radius 2 is 2.32 bits per heavy atom. The minimum atomic E-state index is 0.00435. The quantitative estimate of drug-likeness (QED) is 0.911. The molecular formula is C17H24N4O. The molecule has 1 fully saturated rings. The lowest BCUT2D eigenvalue weighted by Gasteiger charge is -2.27. The van der Waals surface area contributed by atoms with E-state index in [1.54, 1.807) is 10.5 Å². The maximum Gasteiger partial charge on any atom is 0.258 e. The summed E-state index contributed by atoms with van der Waals surface area (Å²) in [5.74, 6) is 0. The third-order valence-electron chi connectivity index (χ3n) is 4.29. The molecule has 5 nitrogen and oxygen atoms in total. The zero-order valence-corrected chi connectivity index (χ0v) is 13.4. The lowest BCUT2D eigenvalue weighted by Crippen LogP contribution is -2.37. The van der Waals surface area contributed by atoms with Crippen LogP contribution in [0.3, 0.4) is 0 Å². The molecule has 0 aromatic carbocycles. The Kier molecular flexibility index (Phi) is 4.55. The molecule has 0 spiro atoms. The Morgan fingerprint density at radius 3 is 3.05 bits per heavy atom. The summed E-state index contributed by atoms with van der Waals surface area (Å²) in [6.07, 6.45) is 4.13. The van der Waals surface area contributed by atoms with E-state index in [2.05, 4.69) is 22.1 Å². The summed E-state index contributed by atoms with van der Waals surface area (Å²) in [7, 11) is 0. The molecule has 0 saturated carbocycles. The minimum absolute atomic E-state index is 0.00435. The van der Waals surface area contributed by atoms with E-state index in [0.29, 0.717) is 6.04 Å². The van der Waals surface area contributed by atoms with Crippen LogP contribution in [0.2, 0.25) is 0 Å². The smallest absolute Gasteiger partial charge is 0.258 e. The van der Waals surface area contributed by atoms with Crippen LogP contribution in [0.15, 0.2) is 29.2 Å². The molecule has 0 aliphatic carbocycles. The van der Waals surface area contributed by atoms with Gasteiger partial charge in [0.25, 0.3) is 5.56 Å². The normalized spacial score (nSPS) is 18.4. The lowest BCUT2D eigenvalue weighted by molar-refractivity contribution is 0.197. The molecule has 1 aliphatic rings. The zero-order chi connectivity index (χ0) is 15.5. The van der Waals surface area contributed by atoms with Crippen LogP contribution in [0.4, 0.5) is 0 Å². The van der Waals surface area contributed by atoms with Gasteiger partial charge in [-0.1, -0.05) is 13.0 Å². The Hall–Kier alpha value is -1.72.